The largest absolute Gasteiger partial charge is 0.478 e. The van der Waals surface area contributed by atoms with Gasteiger partial charge in [0.05, 0.1) is 5.56 Å². The summed E-state index contributed by atoms with van der Waals surface area (Å²) in [6.07, 6.45) is -4.65. The Morgan fingerprint density at radius 1 is 1.35 bits per heavy atom. The molecule has 106 valence electrons. The first kappa shape index (κ1) is 14.3. The highest BCUT2D eigenvalue weighted by atomic mass is 32.2. The van der Waals surface area contributed by atoms with Crippen LogP contribution in [-0.4, -0.2) is 31.2 Å². The number of aryl methyl sites for hydroxylation is 1. The predicted molar refractivity (Wildman–Crippen MR) is 61.4 cm³/mol. The maximum absolute atomic E-state index is 12.6. The first-order valence-electron chi connectivity index (χ1n) is 5.16. The molecule has 2 aromatic rings. The number of hydrogen-bond acceptors (Lipinski definition) is 5. The maximum atomic E-state index is 12.6. The lowest BCUT2D eigenvalue weighted by molar-refractivity contribution is -0.141. The van der Waals surface area contributed by atoms with Crippen molar-refractivity contribution in [1.29, 1.82) is 0 Å². The Kier molecular flexibility index (Phi) is 3.66. The number of alkyl halides is 3. The summed E-state index contributed by atoms with van der Waals surface area (Å²) in [6, 6.07) is 1.48. The number of carboxylic acids is 1. The molecule has 20 heavy (non-hydrogen) atoms. The quantitative estimate of drug-likeness (QED) is 0.904. The van der Waals surface area contributed by atoms with Crippen LogP contribution in [0.5, 0.6) is 0 Å². The average Bonchev–Trinajstić information content (AvgIpc) is 2.73. The van der Waals surface area contributed by atoms with E-state index in [4.69, 9.17) is 5.11 Å². The number of hydrogen-bond donors (Lipinski definition) is 2. The van der Waals surface area contributed by atoms with E-state index in [9.17, 15) is 18.0 Å². The molecule has 0 saturated heterocycles. The SMILES string of the molecule is Cc1nc(Sc2nc(C(F)(F)F)ccc2C(=O)O)n[nH]1. The summed E-state index contributed by atoms with van der Waals surface area (Å²) >= 11 is 0.648. The third-order valence-electron chi connectivity index (χ3n) is 2.15. The fourth-order valence-corrected chi connectivity index (χ4v) is 2.15. The van der Waals surface area contributed by atoms with Gasteiger partial charge in [0.25, 0.3) is 0 Å². The van der Waals surface area contributed by atoms with E-state index in [0.29, 0.717) is 23.7 Å². The Balaban J connectivity index is 2.44. The van der Waals surface area contributed by atoms with Crippen LogP contribution < -0.4 is 0 Å². The first-order chi connectivity index (χ1) is 9.27. The molecule has 0 aliphatic heterocycles. The van der Waals surface area contributed by atoms with Crippen LogP contribution in [0.3, 0.4) is 0 Å². The molecule has 0 spiro atoms. The lowest BCUT2D eigenvalue weighted by atomic mass is 10.2. The summed E-state index contributed by atoms with van der Waals surface area (Å²) in [5.41, 5.74) is -1.51. The number of aromatic amines is 1. The summed E-state index contributed by atoms with van der Waals surface area (Å²) in [7, 11) is 0. The molecule has 0 amide bonds. The van der Waals surface area contributed by atoms with E-state index in [2.05, 4.69) is 20.2 Å². The molecular weight excluding hydrogens is 297 g/mol. The number of rotatable bonds is 3. The van der Waals surface area contributed by atoms with Gasteiger partial charge >= 0.3 is 12.1 Å². The molecule has 0 fully saturated rings. The zero-order chi connectivity index (χ0) is 14.9. The van der Waals surface area contributed by atoms with E-state index in [1.807, 2.05) is 0 Å². The van der Waals surface area contributed by atoms with E-state index in [1.54, 1.807) is 6.92 Å². The van der Waals surface area contributed by atoms with Gasteiger partial charge in [0, 0.05) is 0 Å². The van der Waals surface area contributed by atoms with Crippen molar-refractivity contribution in [3.05, 3.63) is 29.2 Å². The first-order valence-corrected chi connectivity index (χ1v) is 5.97. The third-order valence-corrected chi connectivity index (χ3v) is 3.02. The number of carbonyl (C=O) groups is 1. The smallest absolute Gasteiger partial charge is 0.433 e. The van der Waals surface area contributed by atoms with Crippen LogP contribution in [0.2, 0.25) is 0 Å². The number of halogens is 3. The number of pyridine rings is 1. The predicted octanol–water partition coefficient (Wildman–Crippen LogP) is 2.38. The average molecular weight is 304 g/mol. The molecular formula is C10H7F3N4O2S. The van der Waals surface area contributed by atoms with Gasteiger partial charge in [0.2, 0.25) is 5.16 Å². The molecule has 0 bridgehead atoms. The summed E-state index contributed by atoms with van der Waals surface area (Å²) < 4.78 is 37.8. The van der Waals surface area contributed by atoms with E-state index < -0.39 is 17.8 Å². The normalized spacial score (nSPS) is 11.6. The van der Waals surface area contributed by atoms with Crippen LogP contribution in [-0.2, 0) is 6.18 Å². The highest BCUT2D eigenvalue weighted by Gasteiger charge is 2.33. The standard InChI is InChI=1S/C10H7F3N4O2S/c1-4-14-9(17-16-4)20-7-5(8(18)19)2-3-6(15-7)10(11,12)13/h2-3H,1H3,(H,18,19)(H,14,16,17). The van der Waals surface area contributed by atoms with Crippen molar-refractivity contribution in [1.82, 2.24) is 20.2 Å². The number of aromatic nitrogens is 4. The van der Waals surface area contributed by atoms with Crippen LogP contribution in [0.4, 0.5) is 13.2 Å². The highest BCUT2D eigenvalue weighted by Crippen LogP contribution is 2.32. The molecule has 0 aliphatic rings. The van der Waals surface area contributed by atoms with E-state index in [0.717, 1.165) is 6.07 Å². The Bertz CT molecular complexity index is 656. The van der Waals surface area contributed by atoms with Gasteiger partial charge in [-0.25, -0.2) is 14.8 Å². The number of carboxylic acid groups (broad SMARTS) is 1. The van der Waals surface area contributed by atoms with Crippen molar-refractivity contribution in [2.24, 2.45) is 0 Å². The van der Waals surface area contributed by atoms with E-state index in [1.165, 1.54) is 0 Å². The van der Waals surface area contributed by atoms with Gasteiger partial charge in [-0.3, -0.25) is 5.10 Å². The monoisotopic (exact) mass is 304 g/mol. The molecule has 2 rings (SSSR count). The molecule has 0 aromatic carbocycles. The van der Waals surface area contributed by atoms with Gasteiger partial charge in [-0.15, -0.1) is 5.10 Å². The topological polar surface area (TPSA) is 91.8 Å². The van der Waals surface area contributed by atoms with Crippen LogP contribution in [0.15, 0.2) is 22.3 Å². The summed E-state index contributed by atoms with van der Waals surface area (Å²) in [5.74, 6) is -0.919. The second kappa shape index (κ2) is 5.12. The zero-order valence-electron chi connectivity index (χ0n) is 9.89. The molecule has 0 unspecified atom stereocenters. The second-order valence-corrected chi connectivity index (χ2v) is 4.61. The van der Waals surface area contributed by atoms with Crippen molar-refractivity contribution < 1.29 is 23.1 Å². The zero-order valence-corrected chi connectivity index (χ0v) is 10.7. The number of nitrogens with one attached hydrogen (secondary N) is 1. The van der Waals surface area contributed by atoms with Crippen molar-refractivity contribution >= 4 is 17.7 Å². The van der Waals surface area contributed by atoms with Gasteiger partial charge in [-0.1, -0.05) is 0 Å². The fraction of sp³-hybridized carbons (Fsp3) is 0.200. The molecule has 0 atom stereocenters. The van der Waals surface area contributed by atoms with Crippen LogP contribution >= 0.6 is 11.8 Å². The molecule has 2 heterocycles. The summed E-state index contributed by atoms with van der Waals surface area (Å²) in [6.45, 7) is 1.61. The van der Waals surface area contributed by atoms with Gasteiger partial charge in [0.1, 0.15) is 16.5 Å². The molecule has 10 heteroatoms. The number of H-pyrrole nitrogens is 1. The van der Waals surface area contributed by atoms with E-state index >= 15 is 0 Å². The molecule has 0 aliphatic carbocycles. The molecule has 2 aromatic heterocycles. The number of nitrogens with zero attached hydrogens (tertiary/aromatic N) is 3. The Hall–Kier alpha value is -2.10. The molecule has 0 radical (unpaired) electrons. The fourth-order valence-electron chi connectivity index (χ4n) is 1.29. The van der Waals surface area contributed by atoms with Gasteiger partial charge in [-0.05, 0) is 30.8 Å². The minimum atomic E-state index is -4.65. The van der Waals surface area contributed by atoms with Crippen molar-refractivity contribution in [2.45, 2.75) is 23.3 Å². The van der Waals surface area contributed by atoms with Gasteiger partial charge in [0.15, 0.2) is 0 Å². The third kappa shape index (κ3) is 3.07. The molecule has 2 N–H and O–H groups in total. The van der Waals surface area contributed by atoms with Crippen LogP contribution in [0.1, 0.15) is 21.9 Å². The highest BCUT2D eigenvalue weighted by molar-refractivity contribution is 7.99. The summed E-state index contributed by atoms with van der Waals surface area (Å²) in [4.78, 5) is 18.2. The number of aromatic carboxylic acids is 1. The van der Waals surface area contributed by atoms with Crippen molar-refractivity contribution in [2.75, 3.05) is 0 Å². The maximum Gasteiger partial charge on any atom is 0.433 e. The lowest BCUT2D eigenvalue weighted by Gasteiger charge is -2.08. The minimum absolute atomic E-state index is 0.0943. The Morgan fingerprint density at radius 2 is 2.05 bits per heavy atom. The molecule has 0 saturated carbocycles. The second-order valence-electron chi connectivity index (χ2n) is 3.66. The Labute approximate surface area is 114 Å². The van der Waals surface area contributed by atoms with Crippen molar-refractivity contribution in [3.63, 3.8) is 0 Å². The minimum Gasteiger partial charge on any atom is -0.478 e. The molecule has 6 nitrogen and oxygen atoms in total. The van der Waals surface area contributed by atoms with Crippen LogP contribution in [0, 0.1) is 6.92 Å². The van der Waals surface area contributed by atoms with Gasteiger partial charge < -0.3 is 5.11 Å². The lowest BCUT2D eigenvalue weighted by Crippen LogP contribution is -2.11. The van der Waals surface area contributed by atoms with Gasteiger partial charge in [-0.2, -0.15) is 13.2 Å². The van der Waals surface area contributed by atoms with Crippen molar-refractivity contribution in [3.8, 4) is 0 Å². The summed E-state index contributed by atoms with van der Waals surface area (Å²) in [5, 5.41) is 15.0. The van der Waals surface area contributed by atoms with Crippen LogP contribution in [0.25, 0.3) is 0 Å². The Morgan fingerprint density at radius 3 is 2.55 bits per heavy atom. The van der Waals surface area contributed by atoms with E-state index in [-0.39, 0.29) is 15.7 Å².